The zero-order valence-corrected chi connectivity index (χ0v) is 13.7. The van der Waals surface area contributed by atoms with Gasteiger partial charge in [0.05, 0.1) is 0 Å². The molecule has 2 aromatic carbocycles. The molecule has 0 amide bonds. The molecule has 1 atom stereocenters. The summed E-state index contributed by atoms with van der Waals surface area (Å²) in [5.74, 6) is 0.968. The van der Waals surface area contributed by atoms with Crippen LogP contribution in [0.2, 0.25) is 0 Å². The van der Waals surface area contributed by atoms with Crippen molar-refractivity contribution < 1.29 is 0 Å². The summed E-state index contributed by atoms with van der Waals surface area (Å²) >= 11 is 0. The van der Waals surface area contributed by atoms with Crippen LogP contribution in [0.5, 0.6) is 0 Å². The van der Waals surface area contributed by atoms with Gasteiger partial charge < -0.3 is 0 Å². The van der Waals surface area contributed by atoms with Crippen molar-refractivity contribution >= 4 is 0 Å². The Morgan fingerprint density at radius 3 is 1.68 bits per heavy atom. The van der Waals surface area contributed by atoms with Crippen LogP contribution in [0.1, 0.15) is 41.5 Å². The third-order valence-corrected chi connectivity index (χ3v) is 4.62. The van der Waals surface area contributed by atoms with E-state index in [-0.39, 0.29) is 0 Å². The van der Waals surface area contributed by atoms with E-state index in [2.05, 4.69) is 87.5 Å². The fourth-order valence-electron chi connectivity index (χ4n) is 3.23. The topological polar surface area (TPSA) is 0 Å². The van der Waals surface area contributed by atoms with Gasteiger partial charge in [0.25, 0.3) is 0 Å². The van der Waals surface area contributed by atoms with Gasteiger partial charge in [0.15, 0.2) is 0 Å². The summed E-state index contributed by atoms with van der Waals surface area (Å²) in [7, 11) is 0. The third-order valence-electron chi connectivity index (χ3n) is 4.62. The Balaban J connectivity index is 2.00. The Morgan fingerprint density at radius 2 is 1.27 bits per heavy atom. The Labute approximate surface area is 134 Å². The zero-order valence-electron chi connectivity index (χ0n) is 13.7. The zero-order chi connectivity index (χ0) is 15.5. The average molecular weight is 288 g/mol. The molecule has 2 aromatic rings. The first kappa shape index (κ1) is 14.8. The number of benzene rings is 2. The van der Waals surface area contributed by atoms with Crippen molar-refractivity contribution in [2.45, 2.75) is 33.1 Å². The SMILES string of the molecule is CC1=CCC(C(c2ccc(C)cc2)c2ccc(C)cc2)C=C1. The van der Waals surface area contributed by atoms with Crippen LogP contribution in [-0.4, -0.2) is 0 Å². The first-order valence-corrected chi connectivity index (χ1v) is 8.11. The second-order valence-electron chi connectivity index (χ2n) is 6.51. The summed E-state index contributed by atoms with van der Waals surface area (Å²) in [4.78, 5) is 0. The highest BCUT2D eigenvalue weighted by Gasteiger charge is 2.23. The van der Waals surface area contributed by atoms with Crippen molar-refractivity contribution in [2.24, 2.45) is 5.92 Å². The monoisotopic (exact) mass is 288 g/mol. The second kappa shape index (κ2) is 6.36. The molecule has 1 aliphatic rings. The number of hydrogen-bond acceptors (Lipinski definition) is 0. The van der Waals surface area contributed by atoms with E-state index in [1.807, 2.05) is 0 Å². The second-order valence-corrected chi connectivity index (χ2v) is 6.51. The molecule has 0 radical (unpaired) electrons. The fourth-order valence-corrected chi connectivity index (χ4v) is 3.23. The largest absolute Gasteiger partial charge is 0.0810 e. The highest BCUT2D eigenvalue weighted by Crippen LogP contribution is 2.37. The third kappa shape index (κ3) is 3.22. The Bertz CT molecular complexity index is 638. The van der Waals surface area contributed by atoms with Crippen LogP contribution in [0.3, 0.4) is 0 Å². The van der Waals surface area contributed by atoms with Gasteiger partial charge in [0.2, 0.25) is 0 Å². The van der Waals surface area contributed by atoms with E-state index in [0.29, 0.717) is 11.8 Å². The van der Waals surface area contributed by atoms with Gasteiger partial charge in [-0.05, 0) is 44.2 Å². The van der Waals surface area contributed by atoms with E-state index in [1.54, 1.807) is 0 Å². The van der Waals surface area contributed by atoms with Crippen LogP contribution in [-0.2, 0) is 0 Å². The molecule has 0 heterocycles. The fraction of sp³-hybridized carbons (Fsp3) is 0.273. The summed E-state index contributed by atoms with van der Waals surface area (Å²) in [5.41, 5.74) is 6.85. The minimum absolute atomic E-state index is 0.432. The van der Waals surface area contributed by atoms with Gasteiger partial charge in [0.1, 0.15) is 0 Å². The van der Waals surface area contributed by atoms with Crippen LogP contribution < -0.4 is 0 Å². The maximum absolute atomic E-state index is 2.39. The first-order chi connectivity index (χ1) is 10.6. The van der Waals surface area contributed by atoms with Crippen LogP contribution in [0.4, 0.5) is 0 Å². The van der Waals surface area contributed by atoms with E-state index in [9.17, 15) is 0 Å². The van der Waals surface area contributed by atoms with Gasteiger partial charge in [-0.1, -0.05) is 83.5 Å². The summed E-state index contributed by atoms with van der Waals surface area (Å²) in [6, 6.07) is 18.1. The summed E-state index contributed by atoms with van der Waals surface area (Å²) in [6.07, 6.45) is 8.14. The quantitative estimate of drug-likeness (QED) is 0.654. The molecule has 1 unspecified atom stereocenters. The Kier molecular flexibility index (Phi) is 4.29. The minimum Gasteiger partial charge on any atom is -0.0810 e. The van der Waals surface area contributed by atoms with Crippen LogP contribution >= 0.6 is 0 Å². The van der Waals surface area contributed by atoms with Gasteiger partial charge in [-0.25, -0.2) is 0 Å². The van der Waals surface area contributed by atoms with Crippen LogP contribution in [0, 0.1) is 19.8 Å². The van der Waals surface area contributed by atoms with Gasteiger partial charge in [-0.15, -0.1) is 0 Å². The lowest BCUT2D eigenvalue weighted by Crippen LogP contribution is -2.14. The molecule has 0 aliphatic heterocycles. The maximum atomic E-state index is 2.39. The van der Waals surface area contributed by atoms with Gasteiger partial charge >= 0.3 is 0 Å². The van der Waals surface area contributed by atoms with E-state index in [0.717, 1.165) is 6.42 Å². The molecule has 0 nitrogen and oxygen atoms in total. The van der Waals surface area contributed by atoms with Crippen molar-refractivity contribution in [2.75, 3.05) is 0 Å². The molecular formula is C22H24. The smallest absolute Gasteiger partial charge is 0.0155 e. The molecular weight excluding hydrogens is 264 g/mol. The molecule has 0 saturated carbocycles. The predicted molar refractivity (Wildman–Crippen MR) is 95.2 cm³/mol. The first-order valence-electron chi connectivity index (χ1n) is 8.11. The number of aryl methyl sites for hydroxylation is 2. The van der Waals surface area contributed by atoms with Crippen molar-refractivity contribution in [3.63, 3.8) is 0 Å². The Morgan fingerprint density at radius 1 is 0.773 bits per heavy atom. The molecule has 112 valence electrons. The number of rotatable bonds is 3. The molecule has 0 heteroatoms. The summed E-state index contributed by atoms with van der Waals surface area (Å²) in [5, 5.41) is 0. The van der Waals surface area contributed by atoms with E-state index >= 15 is 0 Å². The van der Waals surface area contributed by atoms with Crippen molar-refractivity contribution in [1.29, 1.82) is 0 Å². The molecule has 0 aromatic heterocycles. The molecule has 3 rings (SSSR count). The highest BCUT2D eigenvalue weighted by molar-refractivity contribution is 5.38. The minimum atomic E-state index is 0.432. The van der Waals surface area contributed by atoms with Crippen molar-refractivity contribution in [3.05, 3.63) is 94.6 Å². The molecule has 22 heavy (non-hydrogen) atoms. The van der Waals surface area contributed by atoms with E-state index < -0.39 is 0 Å². The van der Waals surface area contributed by atoms with Gasteiger partial charge in [-0.3, -0.25) is 0 Å². The summed E-state index contributed by atoms with van der Waals surface area (Å²) in [6.45, 7) is 6.48. The summed E-state index contributed by atoms with van der Waals surface area (Å²) < 4.78 is 0. The van der Waals surface area contributed by atoms with Crippen LogP contribution in [0.25, 0.3) is 0 Å². The Hall–Kier alpha value is -2.08. The number of hydrogen-bond donors (Lipinski definition) is 0. The number of allylic oxidation sites excluding steroid dienone is 4. The van der Waals surface area contributed by atoms with E-state index in [1.165, 1.54) is 27.8 Å². The van der Waals surface area contributed by atoms with Gasteiger partial charge in [-0.2, -0.15) is 0 Å². The lowest BCUT2D eigenvalue weighted by atomic mass is 9.77. The predicted octanol–water partition coefficient (Wildman–Crippen LogP) is 5.96. The van der Waals surface area contributed by atoms with E-state index in [4.69, 9.17) is 0 Å². The standard InChI is InChI=1S/C22H24/c1-16-4-10-19(11-5-16)22(20-12-6-17(2)7-13-20)21-14-8-18(3)9-15-21/h4-14,21-22H,15H2,1-3H3. The van der Waals surface area contributed by atoms with Gasteiger partial charge in [0, 0.05) is 5.92 Å². The molecule has 0 fully saturated rings. The molecule has 1 aliphatic carbocycles. The molecule has 0 bridgehead atoms. The van der Waals surface area contributed by atoms with Crippen molar-refractivity contribution in [3.8, 4) is 0 Å². The molecule has 0 N–H and O–H groups in total. The van der Waals surface area contributed by atoms with Crippen LogP contribution in [0.15, 0.2) is 72.3 Å². The van der Waals surface area contributed by atoms with Crippen molar-refractivity contribution in [1.82, 2.24) is 0 Å². The molecule has 0 saturated heterocycles. The normalized spacial score (nSPS) is 17.6. The average Bonchev–Trinajstić information content (AvgIpc) is 2.53. The highest BCUT2D eigenvalue weighted by atomic mass is 14.3. The lowest BCUT2D eigenvalue weighted by Gasteiger charge is -2.27. The lowest BCUT2D eigenvalue weighted by molar-refractivity contribution is 0.570. The molecule has 0 spiro atoms. The maximum Gasteiger partial charge on any atom is 0.0155 e.